The minimum Gasteiger partial charge on any atom is -0.493 e. The molecule has 4 rings (SSSR count). The quantitative estimate of drug-likeness (QED) is 0.513. The van der Waals surface area contributed by atoms with E-state index in [0.29, 0.717) is 48.0 Å². The van der Waals surface area contributed by atoms with Crippen molar-refractivity contribution in [2.24, 2.45) is 0 Å². The summed E-state index contributed by atoms with van der Waals surface area (Å²) in [6, 6.07) is 12.3. The second-order valence-electron chi connectivity index (χ2n) is 7.15. The Morgan fingerprint density at radius 2 is 1.91 bits per heavy atom. The molecule has 1 saturated heterocycles. The summed E-state index contributed by atoms with van der Waals surface area (Å²) in [7, 11) is 0. The molecule has 1 atom stereocenters. The van der Waals surface area contributed by atoms with E-state index in [0.717, 1.165) is 0 Å². The predicted molar refractivity (Wildman–Crippen MR) is 107 cm³/mol. The van der Waals surface area contributed by atoms with E-state index in [2.05, 4.69) is 14.9 Å². The molecule has 7 nitrogen and oxygen atoms in total. The summed E-state index contributed by atoms with van der Waals surface area (Å²) in [6.45, 7) is 2.56. The number of likely N-dealkylation sites (tertiary alicyclic amines) is 1. The van der Waals surface area contributed by atoms with Gasteiger partial charge in [-0.2, -0.15) is 4.98 Å². The Labute approximate surface area is 181 Å². The van der Waals surface area contributed by atoms with Crippen molar-refractivity contribution in [1.29, 1.82) is 0 Å². The van der Waals surface area contributed by atoms with E-state index in [9.17, 15) is 18.0 Å². The van der Waals surface area contributed by atoms with Gasteiger partial charge in [0.25, 0.3) is 0 Å². The Morgan fingerprint density at radius 3 is 2.62 bits per heavy atom. The maximum Gasteiger partial charge on any atom is 0.573 e. The highest BCUT2D eigenvalue weighted by Crippen LogP contribution is 2.35. The zero-order valence-corrected chi connectivity index (χ0v) is 17.1. The van der Waals surface area contributed by atoms with Crippen LogP contribution in [0.5, 0.6) is 11.5 Å². The summed E-state index contributed by atoms with van der Waals surface area (Å²) in [4.78, 5) is 18.6. The molecule has 0 saturated carbocycles. The Bertz CT molecular complexity index is 1080. The first-order valence-corrected chi connectivity index (χ1v) is 10.0. The van der Waals surface area contributed by atoms with E-state index >= 15 is 0 Å². The lowest BCUT2D eigenvalue weighted by Gasteiger charge is -2.22. The number of hydrogen-bond acceptors (Lipinski definition) is 6. The van der Waals surface area contributed by atoms with Crippen LogP contribution in [0.2, 0.25) is 0 Å². The van der Waals surface area contributed by atoms with Crippen LogP contribution in [-0.4, -0.2) is 33.9 Å². The number of rotatable bonds is 7. The zero-order chi connectivity index (χ0) is 22.7. The Balaban J connectivity index is 1.52. The topological polar surface area (TPSA) is 77.7 Å². The molecular formula is C22H20F3N3O4. The molecule has 1 fully saturated rings. The number of amides is 1. The molecule has 0 bridgehead atoms. The average molecular weight is 447 g/mol. The Kier molecular flexibility index (Phi) is 6.02. The Morgan fingerprint density at radius 1 is 1.16 bits per heavy atom. The molecule has 1 aliphatic heterocycles. The molecule has 0 spiro atoms. The number of alkyl halides is 3. The number of aromatic nitrogens is 2. The van der Waals surface area contributed by atoms with Crippen molar-refractivity contribution in [2.45, 2.75) is 38.7 Å². The first kappa shape index (κ1) is 21.7. The van der Waals surface area contributed by atoms with Gasteiger partial charge in [-0.05, 0) is 43.2 Å². The fourth-order valence-electron chi connectivity index (χ4n) is 3.59. The lowest BCUT2D eigenvalue weighted by molar-refractivity contribution is -0.274. The van der Waals surface area contributed by atoms with Crippen molar-refractivity contribution < 1.29 is 32.0 Å². The molecule has 2 heterocycles. The van der Waals surface area contributed by atoms with Crippen LogP contribution < -0.4 is 9.47 Å². The summed E-state index contributed by atoms with van der Waals surface area (Å²) < 4.78 is 52.0. The van der Waals surface area contributed by atoms with Crippen molar-refractivity contribution in [3.8, 4) is 22.9 Å². The van der Waals surface area contributed by atoms with E-state index in [-0.39, 0.29) is 18.2 Å². The first-order valence-electron chi connectivity index (χ1n) is 10.0. The van der Waals surface area contributed by atoms with Crippen LogP contribution in [0.4, 0.5) is 13.2 Å². The van der Waals surface area contributed by atoms with Crippen molar-refractivity contribution in [3.05, 3.63) is 60.0 Å². The van der Waals surface area contributed by atoms with Crippen LogP contribution in [0.1, 0.15) is 37.3 Å². The number of nitrogens with zero attached hydrogens (tertiary/aromatic N) is 3. The van der Waals surface area contributed by atoms with E-state index in [1.165, 1.54) is 24.3 Å². The molecular weight excluding hydrogens is 427 g/mol. The number of halogens is 3. The van der Waals surface area contributed by atoms with Gasteiger partial charge in [-0.3, -0.25) is 4.79 Å². The molecule has 32 heavy (non-hydrogen) atoms. The molecule has 1 aromatic heterocycles. The average Bonchev–Trinajstić information content (AvgIpc) is 3.36. The van der Waals surface area contributed by atoms with E-state index in [1.807, 2.05) is 31.2 Å². The third-order valence-electron chi connectivity index (χ3n) is 4.99. The van der Waals surface area contributed by atoms with Crippen LogP contribution in [0, 0.1) is 0 Å². The second-order valence-corrected chi connectivity index (χ2v) is 7.15. The molecule has 1 aliphatic rings. The third kappa shape index (κ3) is 4.84. The van der Waals surface area contributed by atoms with Gasteiger partial charge in [0.05, 0.1) is 12.2 Å². The van der Waals surface area contributed by atoms with Gasteiger partial charge < -0.3 is 18.9 Å². The van der Waals surface area contributed by atoms with Gasteiger partial charge in [-0.25, -0.2) is 0 Å². The van der Waals surface area contributed by atoms with Gasteiger partial charge in [0.2, 0.25) is 17.6 Å². The number of carbonyl (C=O) groups is 1. The lowest BCUT2D eigenvalue weighted by Crippen LogP contribution is -2.27. The molecule has 168 valence electrons. The molecule has 3 aromatic rings. The monoisotopic (exact) mass is 447 g/mol. The summed E-state index contributed by atoms with van der Waals surface area (Å²) in [5.41, 5.74) is 1.33. The summed E-state index contributed by atoms with van der Waals surface area (Å²) >= 11 is 0. The summed E-state index contributed by atoms with van der Waals surface area (Å²) in [6.07, 6.45) is -3.94. The predicted octanol–water partition coefficient (Wildman–Crippen LogP) is 4.90. The SMILES string of the molecule is CCOc1ccccc1-c1noc(C2CCC(=O)N2Cc2ccc(OC(F)(F)F)cc2)n1. The minimum atomic E-state index is -4.76. The van der Waals surface area contributed by atoms with Gasteiger partial charge in [0.1, 0.15) is 17.5 Å². The zero-order valence-electron chi connectivity index (χ0n) is 17.1. The van der Waals surface area contributed by atoms with Crippen molar-refractivity contribution in [2.75, 3.05) is 6.61 Å². The normalized spacial score (nSPS) is 16.4. The van der Waals surface area contributed by atoms with Gasteiger partial charge in [0, 0.05) is 13.0 Å². The van der Waals surface area contributed by atoms with Crippen molar-refractivity contribution in [1.82, 2.24) is 15.0 Å². The fraction of sp³-hybridized carbons (Fsp3) is 0.318. The molecule has 0 radical (unpaired) electrons. The molecule has 2 aromatic carbocycles. The highest BCUT2D eigenvalue weighted by molar-refractivity contribution is 5.79. The summed E-state index contributed by atoms with van der Waals surface area (Å²) in [5, 5.41) is 4.06. The number of para-hydroxylation sites is 1. The highest BCUT2D eigenvalue weighted by atomic mass is 19.4. The number of benzene rings is 2. The smallest absolute Gasteiger partial charge is 0.493 e. The van der Waals surface area contributed by atoms with Gasteiger partial charge in [-0.15, -0.1) is 13.2 Å². The third-order valence-corrected chi connectivity index (χ3v) is 4.99. The van der Waals surface area contributed by atoms with Crippen molar-refractivity contribution in [3.63, 3.8) is 0 Å². The van der Waals surface area contributed by atoms with Crippen LogP contribution in [0.3, 0.4) is 0 Å². The van der Waals surface area contributed by atoms with Crippen LogP contribution >= 0.6 is 0 Å². The lowest BCUT2D eigenvalue weighted by atomic mass is 10.1. The molecule has 0 aliphatic carbocycles. The minimum absolute atomic E-state index is 0.0971. The fourth-order valence-corrected chi connectivity index (χ4v) is 3.59. The van der Waals surface area contributed by atoms with Gasteiger partial charge in [0.15, 0.2) is 0 Å². The number of hydrogen-bond donors (Lipinski definition) is 0. The number of carbonyl (C=O) groups excluding carboxylic acids is 1. The molecule has 1 amide bonds. The maximum absolute atomic E-state index is 12.5. The molecule has 0 N–H and O–H groups in total. The standard InChI is InChI=1S/C22H20F3N3O4/c1-2-30-18-6-4-3-5-16(18)20-26-21(32-27-20)17-11-12-19(29)28(17)13-14-7-9-15(10-8-14)31-22(23,24)25/h3-10,17H,2,11-13H2,1H3. The van der Waals surface area contributed by atoms with Gasteiger partial charge >= 0.3 is 6.36 Å². The summed E-state index contributed by atoms with van der Waals surface area (Å²) in [5.74, 6) is 0.870. The van der Waals surface area contributed by atoms with E-state index < -0.39 is 12.4 Å². The molecule has 10 heteroatoms. The second kappa shape index (κ2) is 8.89. The maximum atomic E-state index is 12.5. The number of ether oxygens (including phenoxy) is 2. The van der Waals surface area contributed by atoms with E-state index in [4.69, 9.17) is 9.26 Å². The van der Waals surface area contributed by atoms with E-state index in [1.54, 1.807) is 4.90 Å². The largest absolute Gasteiger partial charge is 0.573 e. The van der Waals surface area contributed by atoms with Gasteiger partial charge in [-0.1, -0.05) is 29.4 Å². The Hall–Kier alpha value is -3.56. The highest BCUT2D eigenvalue weighted by Gasteiger charge is 2.36. The van der Waals surface area contributed by atoms with Crippen LogP contribution in [0.15, 0.2) is 53.1 Å². The van der Waals surface area contributed by atoms with Crippen molar-refractivity contribution >= 4 is 5.91 Å². The van der Waals surface area contributed by atoms with Crippen LogP contribution in [0.25, 0.3) is 11.4 Å². The molecule has 1 unspecified atom stereocenters. The first-order chi connectivity index (χ1) is 15.3. The van der Waals surface area contributed by atoms with Crippen LogP contribution in [-0.2, 0) is 11.3 Å².